The fourth-order valence-corrected chi connectivity index (χ4v) is 2.64. The van der Waals surface area contributed by atoms with E-state index in [0.717, 1.165) is 30.2 Å². The minimum absolute atomic E-state index is 0. The van der Waals surface area contributed by atoms with E-state index in [0.29, 0.717) is 31.5 Å². The normalized spacial score (nSPS) is 13.9. The predicted octanol–water partition coefficient (Wildman–Crippen LogP) is 3.68. The Balaban J connectivity index is 0.00000341. The van der Waals surface area contributed by atoms with E-state index in [4.69, 9.17) is 4.74 Å². The second-order valence-electron chi connectivity index (χ2n) is 6.90. The number of guanidine groups is 1. The molecule has 2 aromatic rings. The number of hydrogen-bond donors (Lipinski definition) is 3. The molecule has 3 N–H and O–H groups in total. The quantitative estimate of drug-likeness (QED) is 0.191. The second kappa shape index (κ2) is 11.9. The van der Waals surface area contributed by atoms with E-state index >= 15 is 0 Å². The largest absolute Gasteiger partial charge is 0.493 e. The van der Waals surface area contributed by atoms with Crippen LogP contribution in [0.2, 0.25) is 0 Å². The van der Waals surface area contributed by atoms with E-state index in [1.54, 1.807) is 7.05 Å². The standard InChI is InChI=1S/C20H25F3N6O.HI/c1-24-18(26-10-11-27-19-25-9-8-17(29-19)20(21,22)23)28-12-15-4-2-3-5-16(15)30-13-14-6-7-14;/h2-5,8-9,14H,6-7,10-13H2,1H3,(H2,24,26,28)(H,25,27,29);1H. The highest BCUT2D eigenvalue weighted by molar-refractivity contribution is 14.0. The summed E-state index contributed by atoms with van der Waals surface area (Å²) in [5.74, 6) is 2.03. The summed E-state index contributed by atoms with van der Waals surface area (Å²) in [5, 5.41) is 9.07. The third-order valence-corrected chi connectivity index (χ3v) is 4.46. The summed E-state index contributed by atoms with van der Waals surface area (Å²) in [6, 6.07) is 8.68. The molecule has 1 heterocycles. The number of aliphatic imine (C=N–C) groups is 1. The summed E-state index contributed by atoms with van der Waals surface area (Å²) in [6.45, 7) is 2.01. The smallest absolute Gasteiger partial charge is 0.433 e. The van der Waals surface area contributed by atoms with Crippen molar-refractivity contribution in [3.05, 3.63) is 47.8 Å². The molecule has 0 aliphatic heterocycles. The van der Waals surface area contributed by atoms with Crippen molar-refractivity contribution >= 4 is 35.9 Å². The Labute approximate surface area is 196 Å². The predicted molar refractivity (Wildman–Crippen MR) is 124 cm³/mol. The molecule has 0 radical (unpaired) electrons. The third-order valence-electron chi connectivity index (χ3n) is 4.46. The van der Waals surface area contributed by atoms with Gasteiger partial charge in [0.05, 0.1) is 6.61 Å². The van der Waals surface area contributed by atoms with Crippen LogP contribution < -0.4 is 20.7 Å². The maximum absolute atomic E-state index is 12.7. The van der Waals surface area contributed by atoms with Gasteiger partial charge in [0.2, 0.25) is 5.95 Å². The molecule has 1 aromatic heterocycles. The van der Waals surface area contributed by atoms with Gasteiger partial charge in [0, 0.05) is 38.4 Å². The number of hydrogen-bond acceptors (Lipinski definition) is 5. The topological polar surface area (TPSA) is 83.5 Å². The molecule has 0 atom stereocenters. The van der Waals surface area contributed by atoms with Gasteiger partial charge in [-0.1, -0.05) is 18.2 Å². The Morgan fingerprint density at radius 3 is 2.65 bits per heavy atom. The number of benzene rings is 1. The minimum Gasteiger partial charge on any atom is -0.493 e. The van der Waals surface area contributed by atoms with Crippen LogP contribution in [0.5, 0.6) is 5.75 Å². The van der Waals surface area contributed by atoms with Gasteiger partial charge in [-0.15, -0.1) is 24.0 Å². The van der Waals surface area contributed by atoms with Crippen molar-refractivity contribution < 1.29 is 17.9 Å². The monoisotopic (exact) mass is 550 g/mol. The van der Waals surface area contributed by atoms with E-state index in [-0.39, 0.29) is 29.9 Å². The highest BCUT2D eigenvalue weighted by Gasteiger charge is 2.32. The van der Waals surface area contributed by atoms with Crippen molar-refractivity contribution in [2.24, 2.45) is 10.9 Å². The molecule has 1 fully saturated rings. The Kier molecular flexibility index (Phi) is 9.59. The number of ether oxygens (including phenoxy) is 1. The Morgan fingerprint density at radius 2 is 1.94 bits per heavy atom. The van der Waals surface area contributed by atoms with Crippen LogP contribution in [0, 0.1) is 5.92 Å². The lowest BCUT2D eigenvalue weighted by Crippen LogP contribution is -2.39. The number of para-hydroxylation sites is 1. The maximum atomic E-state index is 12.7. The number of nitrogens with zero attached hydrogens (tertiary/aromatic N) is 3. The van der Waals surface area contributed by atoms with Gasteiger partial charge in [0.25, 0.3) is 0 Å². The van der Waals surface area contributed by atoms with E-state index in [9.17, 15) is 13.2 Å². The fraction of sp³-hybridized carbons (Fsp3) is 0.450. The molecule has 1 saturated carbocycles. The van der Waals surface area contributed by atoms with Crippen molar-refractivity contribution in [2.75, 3.05) is 32.1 Å². The molecule has 0 bridgehead atoms. The Morgan fingerprint density at radius 1 is 1.16 bits per heavy atom. The summed E-state index contributed by atoms with van der Waals surface area (Å²) in [4.78, 5) is 11.4. The lowest BCUT2D eigenvalue weighted by molar-refractivity contribution is -0.141. The molecule has 1 aromatic carbocycles. The first-order valence-electron chi connectivity index (χ1n) is 9.75. The van der Waals surface area contributed by atoms with Crippen LogP contribution in [0.15, 0.2) is 41.5 Å². The van der Waals surface area contributed by atoms with Gasteiger partial charge >= 0.3 is 6.18 Å². The first-order valence-corrected chi connectivity index (χ1v) is 9.75. The zero-order chi connectivity index (χ0) is 21.4. The van der Waals surface area contributed by atoms with Crippen LogP contribution in [0.3, 0.4) is 0 Å². The molecule has 11 heteroatoms. The highest BCUT2D eigenvalue weighted by Crippen LogP contribution is 2.30. The van der Waals surface area contributed by atoms with Gasteiger partial charge in [-0.05, 0) is 30.9 Å². The van der Waals surface area contributed by atoms with Crippen LogP contribution in [0.25, 0.3) is 0 Å². The van der Waals surface area contributed by atoms with Crippen molar-refractivity contribution in [1.82, 2.24) is 20.6 Å². The number of anilines is 1. The summed E-state index contributed by atoms with van der Waals surface area (Å²) in [5.41, 5.74) is 0.0459. The van der Waals surface area contributed by atoms with Gasteiger partial charge in [0.1, 0.15) is 11.4 Å². The number of rotatable bonds is 9. The van der Waals surface area contributed by atoms with Crippen LogP contribution >= 0.6 is 24.0 Å². The van der Waals surface area contributed by atoms with Gasteiger partial charge in [0.15, 0.2) is 5.96 Å². The number of aromatic nitrogens is 2. The van der Waals surface area contributed by atoms with E-state index < -0.39 is 11.9 Å². The van der Waals surface area contributed by atoms with Gasteiger partial charge in [-0.2, -0.15) is 13.2 Å². The first kappa shape index (κ1) is 25.0. The number of halogens is 4. The van der Waals surface area contributed by atoms with E-state index in [2.05, 4.69) is 30.9 Å². The zero-order valence-corrected chi connectivity index (χ0v) is 19.4. The summed E-state index contributed by atoms with van der Waals surface area (Å²) < 4.78 is 44.0. The van der Waals surface area contributed by atoms with Crippen LogP contribution in [0.1, 0.15) is 24.1 Å². The number of alkyl halides is 3. The molecular formula is C20H26F3IN6O. The van der Waals surface area contributed by atoms with E-state index in [1.165, 1.54) is 12.8 Å². The van der Waals surface area contributed by atoms with Gasteiger partial charge in [-0.3, -0.25) is 4.99 Å². The zero-order valence-electron chi connectivity index (χ0n) is 17.1. The molecule has 0 saturated heterocycles. The molecular weight excluding hydrogens is 524 g/mol. The fourth-order valence-electron chi connectivity index (χ4n) is 2.64. The Bertz CT molecular complexity index is 861. The summed E-state index contributed by atoms with van der Waals surface area (Å²) in [7, 11) is 1.65. The molecule has 1 aliphatic rings. The average Bonchev–Trinajstić information content (AvgIpc) is 3.56. The summed E-state index contributed by atoms with van der Waals surface area (Å²) in [6.07, 6.45) is -0.954. The molecule has 0 unspecified atom stereocenters. The number of nitrogens with one attached hydrogen (secondary N) is 3. The minimum atomic E-state index is -4.50. The van der Waals surface area contributed by atoms with Crippen molar-refractivity contribution in [3.8, 4) is 5.75 Å². The van der Waals surface area contributed by atoms with E-state index in [1.807, 2.05) is 24.3 Å². The van der Waals surface area contributed by atoms with Crippen molar-refractivity contribution in [1.29, 1.82) is 0 Å². The molecule has 1 aliphatic carbocycles. The van der Waals surface area contributed by atoms with Crippen LogP contribution in [-0.4, -0.2) is 42.7 Å². The SMILES string of the molecule is CN=C(NCCNc1nccc(C(F)(F)F)n1)NCc1ccccc1OCC1CC1.I. The maximum Gasteiger partial charge on any atom is 0.433 e. The molecule has 7 nitrogen and oxygen atoms in total. The van der Waals surface area contributed by atoms with Gasteiger partial charge < -0.3 is 20.7 Å². The lowest BCUT2D eigenvalue weighted by atomic mass is 10.2. The first-order chi connectivity index (χ1) is 14.5. The molecule has 3 rings (SSSR count). The van der Waals surface area contributed by atoms with Gasteiger partial charge in [-0.25, -0.2) is 9.97 Å². The van der Waals surface area contributed by atoms with Crippen LogP contribution in [-0.2, 0) is 12.7 Å². The van der Waals surface area contributed by atoms with Crippen LogP contribution in [0.4, 0.5) is 19.1 Å². The Hall–Kier alpha value is -2.31. The van der Waals surface area contributed by atoms with Crippen molar-refractivity contribution in [3.63, 3.8) is 0 Å². The second-order valence-corrected chi connectivity index (χ2v) is 6.90. The third kappa shape index (κ3) is 8.38. The summed E-state index contributed by atoms with van der Waals surface area (Å²) >= 11 is 0. The van der Waals surface area contributed by atoms with Crippen molar-refractivity contribution in [2.45, 2.75) is 25.6 Å². The molecule has 31 heavy (non-hydrogen) atoms. The molecule has 0 amide bonds. The molecule has 170 valence electrons. The average molecular weight is 550 g/mol. The highest BCUT2D eigenvalue weighted by atomic mass is 127. The molecule has 0 spiro atoms. The lowest BCUT2D eigenvalue weighted by Gasteiger charge is -2.15.